The summed E-state index contributed by atoms with van der Waals surface area (Å²) in [5, 5.41) is 119. The minimum absolute atomic E-state index is 0.0230. The average molecular weight is 1250 g/mol. The monoisotopic (exact) mass is 1250 g/mol. The summed E-state index contributed by atoms with van der Waals surface area (Å²) in [4.78, 5) is 39.2. The maximum atomic E-state index is 13.9. The van der Waals surface area contributed by atoms with Gasteiger partial charge in [0.1, 0.15) is 72.8 Å². The topological polar surface area (TPSA) is 343 Å². The fraction of sp³-hybridized carbons (Fsp3) is 0.952. The van der Waals surface area contributed by atoms with Gasteiger partial charge in [0.25, 0.3) is 0 Å². The Kier molecular flexibility index (Phi) is 18.5. The van der Waals surface area contributed by atoms with Crippen LogP contribution >= 0.6 is 11.8 Å². The first-order valence-corrected chi connectivity index (χ1v) is 31.5. The molecule has 0 bridgehead atoms. The second kappa shape index (κ2) is 21.8. The number of hydrogen-bond acceptors (Lipinski definition) is 21. The first kappa shape index (κ1) is 73.0. The summed E-state index contributed by atoms with van der Waals surface area (Å²) in [6.07, 6.45) is 1.97. The highest BCUT2D eigenvalue weighted by molar-refractivity contribution is 8.00. The number of rotatable bonds is 20. The maximum absolute atomic E-state index is 13.9. The first-order chi connectivity index (χ1) is 38.3. The Hall–Kier alpha value is -2.08. The molecular formula is C62H111N3O20S. The van der Waals surface area contributed by atoms with Crippen LogP contribution in [0.5, 0.6) is 0 Å². The van der Waals surface area contributed by atoms with Gasteiger partial charge in [-0.05, 0) is 144 Å². The third kappa shape index (κ3) is 10.1. The van der Waals surface area contributed by atoms with E-state index in [4.69, 9.17) is 37.9 Å². The molecule has 6 fully saturated rings. The van der Waals surface area contributed by atoms with Gasteiger partial charge in [0.05, 0.1) is 91.4 Å². The van der Waals surface area contributed by atoms with Crippen LogP contribution in [0.4, 0.5) is 4.79 Å². The van der Waals surface area contributed by atoms with Gasteiger partial charge in [0.2, 0.25) is 11.7 Å². The fourth-order valence-electron chi connectivity index (χ4n) is 15.6. The smallest absolute Gasteiger partial charge is 0.315 e. The van der Waals surface area contributed by atoms with E-state index in [0.29, 0.717) is 12.8 Å². The van der Waals surface area contributed by atoms with Crippen LogP contribution in [-0.4, -0.2) is 229 Å². The Morgan fingerprint density at radius 2 is 0.953 bits per heavy atom. The Morgan fingerprint density at radius 1 is 0.512 bits per heavy atom. The zero-order chi connectivity index (χ0) is 66.4. The van der Waals surface area contributed by atoms with Crippen molar-refractivity contribution >= 4 is 29.7 Å². The lowest BCUT2D eigenvalue weighted by molar-refractivity contribution is -0.415. The van der Waals surface area contributed by atoms with Crippen LogP contribution in [0.3, 0.4) is 0 Å². The van der Waals surface area contributed by atoms with Crippen molar-refractivity contribution in [3.05, 3.63) is 0 Å². The highest BCUT2D eigenvalue weighted by Gasteiger charge is 2.79. The van der Waals surface area contributed by atoms with Crippen molar-refractivity contribution in [2.75, 3.05) is 52.0 Å². The summed E-state index contributed by atoms with van der Waals surface area (Å²) >= 11 is 1.78. The number of fused-ring (bicyclic) bond motifs is 1. The third-order valence-corrected chi connectivity index (χ3v) is 26.7. The molecule has 6 saturated heterocycles. The van der Waals surface area contributed by atoms with Crippen molar-refractivity contribution in [1.29, 1.82) is 0 Å². The van der Waals surface area contributed by atoms with E-state index < -0.39 is 150 Å². The number of carbonyl (C=O) groups excluding carboxylic acids is 3. The lowest BCUT2D eigenvalue weighted by Gasteiger charge is -2.69. The molecule has 3 amide bonds. The lowest BCUT2D eigenvalue weighted by Crippen LogP contribution is -2.85. The minimum Gasteiger partial charge on any atom is -0.431 e. The van der Waals surface area contributed by atoms with Crippen LogP contribution in [-0.2, 0) is 47.5 Å². The number of nitrogens with one attached hydrogen (secondary N) is 3. The molecule has 0 spiro atoms. The van der Waals surface area contributed by atoms with E-state index in [0.717, 1.165) is 12.2 Å². The molecule has 24 heteroatoms. The second-order valence-corrected chi connectivity index (χ2v) is 32.4. The van der Waals surface area contributed by atoms with E-state index in [9.17, 15) is 60.3 Å². The van der Waals surface area contributed by atoms with Gasteiger partial charge in [-0.25, -0.2) is 4.79 Å². The van der Waals surface area contributed by atoms with Crippen LogP contribution < -0.4 is 16.0 Å². The number of carbonyl (C=O) groups is 3. The van der Waals surface area contributed by atoms with Crippen LogP contribution in [0.25, 0.3) is 0 Å². The SMILES string of the molecule is CC(=O)NC1(C)C(C)(COC[C@@]2(C)OC(C)(C)[C@@](C)(COC[C@]3(C)OC(C)(CO)C(C)(O)C(C)(O)C3(C)COC[C@]3(C)OC(C)(C)C(C)(O)C(C)(O)C3(C)O)C(C)(O)C2(C)O)[C@](C)(O)C(C)(C)O[C@@]1(C)OC(=O)CCCCC1SC[C@@H]2NC(=O)N[C@H]12. The molecule has 6 aliphatic heterocycles. The number of aliphatic hydroxyl groups excluding tert-OH is 1. The van der Waals surface area contributed by atoms with E-state index in [2.05, 4.69) is 16.0 Å². The van der Waals surface area contributed by atoms with Crippen molar-refractivity contribution < 1.29 is 98.2 Å². The molecule has 86 heavy (non-hydrogen) atoms. The summed E-state index contributed by atoms with van der Waals surface area (Å²) < 4.78 is 52.8. The molecule has 0 saturated carbocycles. The molecule has 0 aliphatic carbocycles. The van der Waals surface area contributed by atoms with Crippen LogP contribution in [0.1, 0.15) is 192 Å². The first-order valence-electron chi connectivity index (χ1n) is 30.4. The molecule has 12 N–H and O–H groups in total. The number of urea groups is 1. The summed E-state index contributed by atoms with van der Waals surface area (Å²) in [7, 11) is 0. The molecular weight excluding hydrogens is 1140 g/mol. The predicted molar refractivity (Wildman–Crippen MR) is 320 cm³/mol. The summed E-state index contributed by atoms with van der Waals surface area (Å²) in [5.74, 6) is -2.20. The Morgan fingerprint density at radius 3 is 1.47 bits per heavy atom. The van der Waals surface area contributed by atoms with Gasteiger partial charge >= 0.3 is 12.0 Å². The van der Waals surface area contributed by atoms with Crippen molar-refractivity contribution in [3.8, 4) is 0 Å². The molecule has 500 valence electrons. The number of aliphatic hydroxyl groups is 9. The molecule has 0 aromatic heterocycles. The number of amides is 3. The van der Waals surface area contributed by atoms with Crippen molar-refractivity contribution in [3.63, 3.8) is 0 Å². The number of unbranched alkanes of at least 4 members (excludes halogenated alkanes) is 1. The summed E-state index contributed by atoms with van der Waals surface area (Å²) in [5.41, 5.74) is -34.2. The quantitative estimate of drug-likeness (QED) is 0.0472. The molecule has 12 unspecified atom stereocenters. The van der Waals surface area contributed by atoms with Crippen molar-refractivity contribution in [2.24, 2.45) is 16.2 Å². The van der Waals surface area contributed by atoms with Gasteiger partial charge in [-0.2, -0.15) is 11.8 Å². The van der Waals surface area contributed by atoms with E-state index in [1.54, 1.807) is 109 Å². The standard InChI is InChI=1S/C62H111N3O20S/c1-37(67)65-53(15)48(10,54(16,70)44(4,5)84-62(53,24)81-40(68)28-26-25-27-39-41-38(29-86-39)63-42(69)64-41)33-80-35-51(13)59(21,75)56(18,72)46(8,43(2,3)82-51)31-78-34-50(12)47(9,57(19,73)58(20,74)49(11,30-66)85-50)32-79-36-52(14)60(22,76)61(23,77)55(17,71)45(6,7)83-52/h38-39,41,66,70-77H,25-36H2,1-24H3,(H,65,67)(H2,63,64,69)/t38-,39?,41-,46+,47?,48?,49?,50-,51+,52-,53?,54+,55?,56?,57?,58?,59?,60?,61?,62+/m0/s1. The molecule has 23 nitrogen and oxygen atoms in total. The molecule has 0 aromatic carbocycles. The number of esters is 1. The van der Waals surface area contributed by atoms with Crippen LogP contribution in [0.2, 0.25) is 0 Å². The highest BCUT2D eigenvalue weighted by atomic mass is 32.2. The zero-order valence-electron chi connectivity index (χ0n) is 56.1. The number of hydrogen-bond donors (Lipinski definition) is 12. The van der Waals surface area contributed by atoms with Crippen LogP contribution in [0, 0.1) is 16.2 Å². The molecule has 6 aliphatic rings. The minimum atomic E-state index is -2.17. The molecule has 20 atom stereocenters. The maximum Gasteiger partial charge on any atom is 0.315 e. The van der Waals surface area contributed by atoms with Crippen molar-refractivity contribution in [2.45, 2.75) is 305 Å². The molecule has 6 rings (SSSR count). The lowest BCUT2D eigenvalue weighted by atomic mass is 9.52. The van der Waals surface area contributed by atoms with Gasteiger partial charge in [-0.1, -0.05) is 27.2 Å². The number of thioether (sulfide) groups is 1. The van der Waals surface area contributed by atoms with Crippen molar-refractivity contribution in [1.82, 2.24) is 16.0 Å². The van der Waals surface area contributed by atoms with Gasteiger partial charge in [0.15, 0.2) is 0 Å². The Labute approximate surface area is 514 Å². The summed E-state index contributed by atoms with van der Waals surface area (Å²) in [6, 6.07) is -0.0734. The molecule has 6 heterocycles. The molecule has 0 aromatic rings. The number of ether oxygens (including phenoxy) is 8. The normalized spacial score (nSPS) is 51.3. The molecule has 0 radical (unpaired) electrons. The zero-order valence-corrected chi connectivity index (χ0v) is 57.0. The largest absolute Gasteiger partial charge is 0.431 e. The van der Waals surface area contributed by atoms with Gasteiger partial charge in [-0.15, -0.1) is 0 Å². The Balaban J connectivity index is 1.23. The highest BCUT2D eigenvalue weighted by Crippen LogP contribution is 2.63. The fourth-order valence-corrected chi connectivity index (χ4v) is 17.1. The van der Waals surface area contributed by atoms with E-state index >= 15 is 0 Å². The van der Waals surface area contributed by atoms with Gasteiger partial charge in [0, 0.05) is 31.3 Å². The second-order valence-electron chi connectivity index (χ2n) is 31.2. The summed E-state index contributed by atoms with van der Waals surface area (Å²) in [6.45, 7) is 33.9. The average Bonchev–Trinajstić information content (AvgIpc) is 0.772. The van der Waals surface area contributed by atoms with Crippen LogP contribution in [0.15, 0.2) is 0 Å². The van der Waals surface area contributed by atoms with Gasteiger partial charge in [-0.3, -0.25) is 9.59 Å². The van der Waals surface area contributed by atoms with E-state index in [1.165, 1.54) is 69.2 Å². The van der Waals surface area contributed by atoms with E-state index in [1.807, 2.05) is 0 Å². The predicted octanol–water partition coefficient (Wildman–Crippen LogP) is 3.43. The third-order valence-electron chi connectivity index (χ3n) is 25.2. The van der Waals surface area contributed by atoms with E-state index in [-0.39, 0.29) is 49.6 Å². The van der Waals surface area contributed by atoms with Gasteiger partial charge < -0.3 is 99.8 Å². The Bertz CT molecular complexity index is 2570.